The summed E-state index contributed by atoms with van der Waals surface area (Å²) < 4.78 is 41.1. The molecule has 3 fully saturated rings. The number of piperidine rings is 1. The van der Waals surface area contributed by atoms with Crippen LogP contribution >= 0.6 is 0 Å². The summed E-state index contributed by atoms with van der Waals surface area (Å²) in [5, 5.41) is 11.2. The molecule has 1 spiro atoms. The van der Waals surface area contributed by atoms with Gasteiger partial charge in [-0.15, -0.1) is 10.2 Å². The predicted octanol–water partition coefficient (Wildman–Crippen LogP) is 3.63. The minimum Gasteiger partial charge on any atom is -0.323 e. The van der Waals surface area contributed by atoms with Gasteiger partial charge in [-0.1, -0.05) is 20.3 Å². The van der Waals surface area contributed by atoms with E-state index in [9.17, 15) is 22.8 Å². The Morgan fingerprint density at radius 1 is 1.09 bits per heavy atom. The van der Waals surface area contributed by atoms with Gasteiger partial charge in [0, 0.05) is 18.7 Å². The van der Waals surface area contributed by atoms with Crippen LogP contribution in [-0.4, -0.2) is 61.6 Å². The standard InChI is InChI=1S/C23H29F3N6O2/c1-14-5-3-6-15(2)22(14)20(33)32(21(34)27-22)13-30-10-4-7-16(11-30)19-29-28-18-9-8-17(12-31(18)19)23(24,25)26/h8-9,12,14-16H,3-7,10-11,13H2,1-2H3,(H,27,34)/t14-,15+,16-,22?/m0/s1. The molecule has 4 heterocycles. The van der Waals surface area contributed by atoms with Crippen LogP contribution in [0.25, 0.3) is 5.65 Å². The largest absolute Gasteiger partial charge is 0.417 e. The Balaban J connectivity index is 1.35. The zero-order valence-corrected chi connectivity index (χ0v) is 19.3. The summed E-state index contributed by atoms with van der Waals surface area (Å²) in [6.45, 7) is 5.38. The highest BCUT2D eigenvalue weighted by Gasteiger charge is 2.58. The Morgan fingerprint density at radius 3 is 2.53 bits per heavy atom. The second-order valence-corrected chi connectivity index (χ2v) is 10.0. The summed E-state index contributed by atoms with van der Waals surface area (Å²) in [5.41, 5.74) is -1.24. The summed E-state index contributed by atoms with van der Waals surface area (Å²) in [6.07, 6.45) is 0.943. The number of carbonyl (C=O) groups is 2. The normalized spacial score (nSPS) is 31.0. The Hall–Kier alpha value is -2.69. The fourth-order valence-electron chi connectivity index (χ4n) is 6.03. The van der Waals surface area contributed by atoms with Crippen molar-refractivity contribution in [1.29, 1.82) is 0 Å². The molecule has 1 saturated carbocycles. The molecule has 5 rings (SSSR count). The number of imide groups is 1. The first kappa shape index (κ1) is 23.1. The number of carbonyl (C=O) groups excluding carboxylic acids is 2. The smallest absolute Gasteiger partial charge is 0.323 e. The van der Waals surface area contributed by atoms with Crippen molar-refractivity contribution in [2.75, 3.05) is 19.8 Å². The van der Waals surface area contributed by atoms with Crippen LogP contribution in [0.1, 0.15) is 63.3 Å². The molecule has 8 nitrogen and oxygen atoms in total. The molecule has 1 aliphatic carbocycles. The Kier molecular flexibility index (Phi) is 5.57. The van der Waals surface area contributed by atoms with Gasteiger partial charge in [0.05, 0.1) is 12.2 Å². The minimum absolute atomic E-state index is 0.0667. The van der Waals surface area contributed by atoms with E-state index in [4.69, 9.17) is 0 Å². The Labute approximate surface area is 195 Å². The molecule has 2 saturated heterocycles. The van der Waals surface area contributed by atoms with E-state index in [-0.39, 0.29) is 36.4 Å². The number of nitrogens with one attached hydrogen (secondary N) is 1. The molecule has 1 unspecified atom stereocenters. The SMILES string of the molecule is C[C@@H]1CCC[C@H](C)C12NC(=O)N(CN1CCC[C@H](c3nnc4ccc(C(F)(F)F)cn34)C1)C2=O. The topological polar surface area (TPSA) is 82.8 Å². The molecule has 3 amide bonds. The van der Waals surface area contributed by atoms with Gasteiger partial charge in [0.25, 0.3) is 5.91 Å². The fourth-order valence-corrected chi connectivity index (χ4v) is 6.03. The molecule has 0 radical (unpaired) electrons. The van der Waals surface area contributed by atoms with Gasteiger partial charge in [0.15, 0.2) is 5.65 Å². The highest BCUT2D eigenvalue weighted by Crippen LogP contribution is 2.42. The van der Waals surface area contributed by atoms with Crippen molar-refractivity contribution in [2.24, 2.45) is 11.8 Å². The first-order valence-corrected chi connectivity index (χ1v) is 11.9. The minimum atomic E-state index is -4.46. The lowest BCUT2D eigenvalue weighted by atomic mass is 9.67. The van der Waals surface area contributed by atoms with Crippen molar-refractivity contribution >= 4 is 17.6 Å². The van der Waals surface area contributed by atoms with E-state index in [1.54, 1.807) is 0 Å². The van der Waals surface area contributed by atoms with Crippen molar-refractivity contribution in [2.45, 2.75) is 63.6 Å². The molecule has 4 atom stereocenters. The van der Waals surface area contributed by atoms with Crippen LogP contribution < -0.4 is 5.32 Å². The van der Waals surface area contributed by atoms with Gasteiger partial charge in [-0.3, -0.25) is 14.1 Å². The second-order valence-electron chi connectivity index (χ2n) is 10.0. The fraction of sp³-hybridized carbons (Fsp3) is 0.652. The summed E-state index contributed by atoms with van der Waals surface area (Å²) in [4.78, 5) is 29.7. The van der Waals surface area contributed by atoms with Crippen molar-refractivity contribution < 1.29 is 22.8 Å². The van der Waals surface area contributed by atoms with Gasteiger partial charge < -0.3 is 5.32 Å². The number of amides is 3. The maximum absolute atomic E-state index is 13.5. The maximum atomic E-state index is 13.5. The number of urea groups is 1. The van der Waals surface area contributed by atoms with Gasteiger partial charge in [0.1, 0.15) is 11.4 Å². The average Bonchev–Trinajstić information content (AvgIpc) is 3.32. The number of alkyl halides is 3. The van der Waals surface area contributed by atoms with E-state index in [0.29, 0.717) is 24.6 Å². The lowest BCUT2D eigenvalue weighted by Crippen LogP contribution is -2.59. The molecule has 2 aromatic heterocycles. The molecule has 0 aromatic carbocycles. The third-order valence-electron chi connectivity index (χ3n) is 7.95. The zero-order valence-electron chi connectivity index (χ0n) is 19.3. The molecule has 0 bridgehead atoms. The van der Waals surface area contributed by atoms with Crippen LogP contribution in [0.4, 0.5) is 18.0 Å². The van der Waals surface area contributed by atoms with E-state index >= 15 is 0 Å². The molecule has 2 aliphatic heterocycles. The van der Waals surface area contributed by atoms with Crippen LogP contribution in [-0.2, 0) is 11.0 Å². The van der Waals surface area contributed by atoms with Crippen molar-refractivity contribution in [1.82, 2.24) is 29.7 Å². The van der Waals surface area contributed by atoms with Gasteiger partial charge in [-0.05, 0) is 56.2 Å². The van der Waals surface area contributed by atoms with E-state index in [1.807, 2.05) is 18.7 Å². The molecular formula is C23H29F3N6O2. The number of pyridine rings is 1. The predicted molar refractivity (Wildman–Crippen MR) is 117 cm³/mol. The first-order chi connectivity index (χ1) is 16.1. The van der Waals surface area contributed by atoms with Gasteiger partial charge in [-0.2, -0.15) is 13.2 Å². The summed E-state index contributed by atoms with van der Waals surface area (Å²) >= 11 is 0. The highest BCUT2D eigenvalue weighted by molar-refractivity contribution is 6.07. The summed E-state index contributed by atoms with van der Waals surface area (Å²) in [7, 11) is 0. The number of rotatable bonds is 3. The number of aromatic nitrogens is 3. The maximum Gasteiger partial charge on any atom is 0.417 e. The third kappa shape index (κ3) is 3.64. The average molecular weight is 479 g/mol. The molecule has 11 heteroatoms. The van der Waals surface area contributed by atoms with E-state index < -0.39 is 17.3 Å². The number of hydrogen-bond acceptors (Lipinski definition) is 5. The molecule has 34 heavy (non-hydrogen) atoms. The van der Waals surface area contributed by atoms with Gasteiger partial charge in [-0.25, -0.2) is 9.69 Å². The molecule has 184 valence electrons. The van der Waals surface area contributed by atoms with Gasteiger partial charge in [0.2, 0.25) is 0 Å². The number of hydrogen-bond donors (Lipinski definition) is 1. The van der Waals surface area contributed by atoms with Crippen LogP contribution in [0.3, 0.4) is 0 Å². The van der Waals surface area contributed by atoms with Crippen molar-refractivity contribution in [3.05, 3.63) is 29.7 Å². The van der Waals surface area contributed by atoms with Crippen molar-refractivity contribution in [3.63, 3.8) is 0 Å². The molecule has 3 aliphatic rings. The number of fused-ring (bicyclic) bond motifs is 1. The lowest BCUT2D eigenvalue weighted by Gasteiger charge is -2.42. The quantitative estimate of drug-likeness (QED) is 0.682. The summed E-state index contributed by atoms with van der Waals surface area (Å²) in [6, 6.07) is 1.95. The van der Waals surface area contributed by atoms with Crippen LogP contribution in [0.5, 0.6) is 0 Å². The zero-order chi connectivity index (χ0) is 24.3. The number of halogens is 3. The van der Waals surface area contributed by atoms with E-state index in [0.717, 1.165) is 44.4 Å². The molecule has 2 aromatic rings. The number of nitrogens with zero attached hydrogens (tertiary/aromatic N) is 5. The van der Waals surface area contributed by atoms with Crippen LogP contribution in [0, 0.1) is 11.8 Å². The Bertz CT molecular complexity index is 1110. The van der Waals surface area contributed by atoms with Crippen LogP contribution in [0.2, 0.25) is 0 Å². The van der Waals surface area contributed by atoms with E-state index in [1.165, 1.54) is 15.4 Å². The third-order valence-corrected chi connectivity index (χ3v) is 7.95. The van der Waals surface area contributed by atoms with Crippen LogP contribution in [0.15, 0.2) is 18.3 Å². The monoisotopic (exact) mass is 478 g/mol. The summed E-state index contributed by atoms with van der Waals surface area (Å²) in [5.74, 6) is 0.277. The second kappa shape index (κ2) is 8.21. The number of likely N-dealkylation sites (tertiary alicyclic amines) is 1. The van der Waals surface area contributed by atoms with Gasteiger partial charge >= 0.3 is 12.2 Å². The van der Waals surface area contributed by atoms with Crippen molar-refractivity contribution in [3.8, 4) is 0 Å². The van der Waals surface area contributed by atoms with E-state index in [2.05, 4.69) is 15.5 Å². The first-order valence-electron chi connectivity index (χ1n) is 11.9. The Morgan fingerprint density at radius 2 is 1.82 bits per heavy atom. The lowest BCUT2D eigenvalue weighted by molar-refractivity contribution is -0.138. The highest BCUT2D eigenvalue weighted by atomic mass is 19.4. The molecule has 1 N–H and O–H groups in total. The molecular weight excluding hydrogens is 449 g/mol.